The largest absolute Gasteiger partial charge is 0.478 e. The molecule has 4 nitrogen and oxygen atoms in total. The van der Waals surface area contributed by atoms with Crippen molar-refractivity contribution >= 4 is 5.97 Å². The van der Waals surface area contributed by atoms with Crippen molar-refractivity contribution in [1.29, 1.82) is 5.26 Å². The molecule has 4 aromatic rings. The minimum Gasteiger partial charge on any atom is -0.478 e. The Morgan fingerprint density at radius 1 is 0.714 bits per heavy atom. The summed E-state index contributed by atoms with van der Waals surface area (Å²) in [6, 6.07) is 36.0. The van der Waals surface area contributed by atoms with Gasteiger partial charge >= 0.3 is 5.97 Å². The van der Waals surface area contributed by atoms with Gasteiger partial charge in [0.05, 0.1) is 17.2 Å². The molecule has 4 aromatic carbocycles. The molecule has 0 unspecified atom stereocenters. The van der Waals surface area contributed by atoms with Crippen LogP contribution in [0.3, 0.4) is 0 Å². The third-order valence-electron chi connectivity index (χ3n) is 6.10. The average molecular weight is 461 g/mol. The number of nitrogens with zero attached hydrogens (tertiary/aromatic N) is 2. The molecule has 4 heteroatoms. The number of carbonyl (C=O) groups is 1. The van der Waals surface area contributed by atoms with E-state index in [1.165, 1.54) is 16.7 Å². The third-order valence-corrected chi connectivity index (χ3v) is 6.10. The molecule has 0 aliphatic rings. The Morgan fingerprint density at radius 3 is 1.80 bits per heavy atom. The number of nitriles is 1. The highest BCUT2D eigenvalue weighted by Crippen LogP contribution is 2.22. The lowest BCUT2D eigenvalue weighted by Crippen LogP contribution is -2.24. The fourth-order valence-electron chi connectivity index (χ4n) is 4.17. The summed E-state index contributed by atoms with van der Waals surface area (Å²) in [7, 11) is 0. The lowest BCUT2D eigenvalue weighted by molar-refractivity contribution is 0.0697. The summed E-state index contributed by atoms with van der Waals surface area (Å²) in [4.78, 5) is 13.5. The second-order valence-electron chi connectivity index (χ2n) is 8.69. The zero-order valence-electron chi connectivity index (χ0n) is 19.6. The summed E-state index contributed by atoms with van der Waals surface area (Å²) in [5.74, 6) is -0.915. The molecule has 1 N–H and O–H groups in total. The number of hydrogen-bond donors (Lipinski definition) is 1. The molecule has 0 fully saturated rings. The van der Waals surface area contributed by atoms with Crippen LogP contribution in [0.1, 0.15) is 39.0 Å². The van der Waals surface area contributed by atoms with Gasteiger partial charge in [0, 0.05) is 13.1 Å². The third kappa shape index (κ3) is 6.89. The number of carboxylic acid groups (broad SMARTS) is 1. The monoisotopic (exact) mass is 460 g/mol. The van der Waals surface area contributed by atoms with Crippen molar-refractivity contribution in [2.24, 2.45) is 0 Å². The highest BCUT2D eigenvalue weighted by atomic mass is 16.4. The molecule has 0 aliphatic heterocycles. The minimum absolute atomic E-state index is 0.291. The Kier molecular flexibility index (Phi) is 8.06. The summed E-state index contributed by atoms with van der Waals surface area (Å²) in [6.45, 7) is 2.61. The first-order chi connectivity index (χ1) is 17.1. The van der Waals surface area contributed by atoms with E-state index < -0.39 is 5.97 Å². The van der Waals surface area contributed by atoms with Crippen LogP contribution in [-0.2, 0) is 19.5 Å². The molecule has 0 atom stereocenters. The van der Waals surface area contributed by atoms with Gasteiger partial charge in [-0.15, -0.1) is 0 Å². The van der Waals surface area contributed by atoms with E-state index in [1.807, 2.05) is 42.5 Å². The lowest BCUT2D eigenvalue weighted by atomic mass is 10.0. The molecule has 174 valence electrons. The van der Waals surface area contributed by atoms with Gasteiger partial charge in [0.2, 0.25) is 0 Å². The quantitative estimate of drug-likeness (QED) is 0.291. The van der Waals surface area contributed by atoms with E-state index in [4.69, 9.17) is 10.4 Å². The maximum atomic E-state index is 11.1. The average Bonchev–Trinajstić information content (AvgIpc) is 2.90. The lowest BCUT2D eigenvalue weighted by Gasteiger charge is -2.23. The Morgan fingerprint density at radius 2 is 1.26 bits per heavy atom. The topological polar surface area (TPSA) is 64.3 Å². The number of benzene rings is 4. The summed E-state index contributed by atoms with van der Waals surface area (Å²) in [5.41, 5.74) is 6.80. The van der Waals surface area contributed by atoms with E-state index >= 15 is 0 Å². The van der Waals surface area contributed by atoms with Gasteiger partial charge in [0.25, 0.3) is 0 Å². The van der Waals surface area contributed by atoms with Crippen molar-refractivity contribution in [1.82, 2.24) is 4.90 Å². The molecule has 0 aromatic heterocycles. The van der Waals surface area contributed by atoms with Crippen LogP contribution >= 0.6 is 0 Å². The molecular weight excluding hydrogens is 432 g/mol. The first-order valence-corrected chi connectivity index (χ1v) is 11.8. The molecule has 0 aliphatic carbocycles. The second-order valence-corrected chi connectivity index (χ2v) is 8.69. The van der Waals surface area contributed by atoms with Gasteiger partial charge in [0.1, 0.15) is 0 Å². The van der Waals surface area contributed by atoms with Gasteiger partial charge in [-0.1, -0.05) is 78.9 Å². The van der Waals surface area contributed by atoms with Crippen molar-refractivity contribution in [2.75, 3.05) is 6.54 Å². The van der Waals surface area contributed by atoms with Gasteiger partial charge in [-0.25, -0.2) is 4.79 Å². The summed E-state index contributed by atoms with van der Waals surface area (Å²) < 4.78 is 0. The molecule has 0 bridgehead atoms. The number of aryl methyl sites for hydroxylation is 1. The number of carboxylic acids is 1. The minimum atomic E-state index is -0.915. The van der Waals surface area contributed by atoms with E-state index in [9.17, 15) is 4.79 Å². The van der Waals surface area contributed by atoms with Gasteiger partial charge in [-0.2, -0.15) is 5.26 Å². The van der Waals surface area contributed by atoms with Gasteiger partial charge in [-0.3, -0.25) is 4.90 Å². The number of rotatable bonds is 10. The van der Waals surface area contributed by atoms with Crippen molar-refractivity contribution in [2.45, 2.75) is 25.9 Å². The Hall–Kier alpha value is -4.20. The zero-order valence-corrected chi connectivity index (χ0v) is 19.6. The van der Waals surface area contributed by atoms with E-state index in [0.29, 0.717) is 11.1 Å². The van der Waals surface area contributed by atoms with Crippen LogP contribution in [0.2, 0.25) is 0 Å². The van der Waals surface area contributed by atoms with E-state index in [1.54, 1.807) is 12.1 Å². The van der Waals surface area contributed by atoms with Crippen LogP contribution in [0.4, 0.5) is 0 Å². The molecule has 0 amide bonds. The maximum Gasteiger partial charge on any atom is 0.335 e. The molecule has 0 radical (unpaired) electrons. The molecule has 0 saturated heterocycles. The molecule has 0 spiro atoms. The molecule has 0 saturated carbocycles. The summed E-state index contributed by atoms with van der Waals surface area (Å²) >= 11 is 0. The van der Waals surface area contributed by atoms with Crippen LogP contribution in [0.25, 0.3) is 11.1 Å². The van der Waals surface area contributed by atoms with Crippen molar-refractivity contribution in [3.63, 3.8) is 0 Å². The van der Waals surface area contributed by atoms with E-state index in [2.05, 4.69) is 59.5 Å². The van der Waals surface area contributed by atoms with E-state index in [0.717, 1.165) is 43.6 Å². The SMILES string of the molecule is N#Cc1ccc(CN(CCCc2ccccc2)Cc2ccc(-c3ccc(C(=O)O)cc3)cc2)cc1. The Balaban J connectivity index is 1.44. The summed E-state index contributed by atoms with van der Waals surface area (Å²) in [6.07, 6.45) is 2.10. The van der Waals surface area contributed by atoms with Crippen molar-refractivity contribution in [3.05, 3.63) is 131 Å². The first-order valence-electron chi connectivity index (χ1n) is 11.8. The highest BCUT2D eigenvalue weighted by molar-refractivity contribution is 5.88. The van der Waals surface area contributed by atoms with Crippen molar-refractivity contribution < 1.29 is 9.90 Å². The fourth-order valence-corrected chi connectivity index (χ4v) is 4.17. The van der Waals surface area contributed by atoms with Crippen molar-refractivity contribution in [3.8, 4) is 17.2 Å². The highest BCUT2D eigenvalue weighted by Gasteiger charge is 2.09. The number of aromatic carboxylic acids is 1. The van der Waals surface area contributed by atoms with Crippen LogP contribution < -0.4 is 0 Å². The normalized spacial score (nSPS) is 10.7. The second kappa shape index (κ2) is 11.8. The van der Waals surface area contributed by atoms with Crippen LogP contribution in [0.15, 0.2) is 103 Å². The predicted molar refractivity (Wildman–Crippen MR) is 139 cm³/mol. The Bertz CT molecular complexity index is 1270. The number of hydrogen-bond acceptors (Lipinski definition) is 3. The smallest absolute Gasteiger partial charge is 0.335 e. The standard InChI is InChI=1S/C31H28N2O2/c32-21-25-8-10-26(11-9-25)22-33(20-4-7-24-5-2-1-3-6-24)23-27-12-14-28(15-13-27)29-16-18-30(19-17-29)31(34)35/h1-3,5-6,8-19H,4,7,20,22-23H2,(H,34,35). The maximum absolute atomic E-state index is 11.1. The van der Waals surface area contributed by atoms with Crippen LogP contribution in [0, 0.1) is 11.3 Å². The summed E-state index contributed by atoms with van der Waals surface area (Å²) in [5, 5.41) is 18.2. The van der Waals surface area contributed by atoms with Crippen LogP contribution in [-0.4, -0.2) is 22.5 Å². The predicted octanol–water partition coefficient (Wildman–Crippen LogP) is 6.56. The van der Waals surface area contributed by atoms with Gasteiger partial charge < -0.3 is 5.11 Å². The molecular formula is C31H28N2O2. The fraction of sp³-hybridized carbons (Fsp3) is 0.161. The van der Waals surface area contributed by atoms with E-state index in [-0.39, 0.29) is 0 Å². The van der Waals surface area contributed by atoms with Gasteiger partial charge in [-0.05, 0) is 71.5 Å². The first kappa shape index (κ1) is 23.9. The van der Waals surface area contributed by atoms with Gasteiger partial charge in [0.15, 0.2) is 0 Å². The molecule has 35 heavy (non-hydrogen) atoms. The zero-order chi connectivity index (χ0) is 24.5. The molecule has 4 rings (SSSR count). The Labute approximate surface area is 206 Å². The molecule has 0 heterocycles. The van der Waals surface area contributed by atoms with Crippen LogP contribution in [0.5, 0.6) is 0 Å².